The standard InChI is InChI=1S/C21H22Br2O/c1-3-14-21(23)18(16-12-8-5-9-13-16)17(20(2,22)19(21)24)15-10-6-4-7-11-15/h4-13,17-18H,3,14H2,1-2H3/t17-,18-,20-,21-/m0/s1. The number of carbonyl (C=O) groups excluding carboxylic acids is 1. The van der Waals surface area contributed by atoms with E-state index in [1.54, 1.807) is 0 Å². The Bertz CT molecular complexity index is 711. The van der Waals surface area contributed by atoms with Gasteiger partial charge >= 0.3 is 0 Å². The van der Waals surface area contributed by atoms with E-state index in [9.17, 15) is 4.79 Å². The highest BCUT2D eigenvalue weighted by atomic mass is 79.9. The highest BCUT2D eigenvalue weighted by Gasteiger charge is 2.64. The van der Waals surface area contributed by atoms with E-state index in [0.717, 1.165) is 12.8 Å². The minimum atomic E-state index is -0.590. The monoisotopic (exact) mass is 448 g/mol. The lowest BCUT2D eigenvalue weighted by molar-refractivity contribution is -0.121. The van der Waals surface area contributed by atoms with E-state index in [0.29, 0.717) is 0 Å². The fourth-order valence-corrected chi connectivity index (χ4v) is 6.67. The predicted octanol–water partition coefficient (Wildman–Crippen LogP) is 6.22. The zero-order chi connectivity index (χ0) is 17.4. The van der Waals surface area contributed by atoms with Crippen LogP contribution in [-0.4, -0.2) is 14.4 Å². The first kappa shape index (κ1) is 17.9. The Morgan fingerprint density at radius 1 is 0.875 bits per heavy atom. The van der Waals surface area contributed by atoms with Crippen molar-refractivity contribution >= 4 is 37.6 Å². The molecule has 3 rings (SSSR count). The zero-order valence-corrected chi connectivity index (χ0v) is 17.2. The third kappa shape index (κ3) is 2.80. The third-order valence-electron chi connectivity index (χ3n) is 5.16. The fraction of sp³-hybridized carbons (Fsp3) is 0.381. The van der Waals surface area contributed by atoms with Gasteiger partial charge < -0.3 is 0 Å². The summed E-state index contributed by atoms with van der Waals surface area (Å²) in [6.45, 7) is 4.17. The highest BCUT2D eigenvalue weighted by molar-refractivity contribution is 9.11. The molecule has 1 fully saturated rings. The normalized spacial score (nSPS) is 32.9. The number of carbonyl (C=O) groups is 1. The molecule has 0 unspecified atom stereocenters. The molecular formula is C21H22Br2O. The smallest absolute Gasteiger partial charge is 0.167 e. The van der Waals surface area contributed by atoms with Gasteiger partial charge in [0.1, 0.15) is 0 Å². The number of rotatable bonds is 4. The van der Waals surface area contributed by atoms with Gasteiger partial charge in [0.15, 0.2) is 5.78 Å². The first-order valence-electron chi connectivity index (χ1n) is 8.45. The molecule has 4 atom stereocenters. The number of ketones is 1. The summed E-state index contributed by atoms with van der Waals surface area (Å²) >= 11 is 7.72. The average Bonchev–Trinajstić information content (AvgIpc) is 2.74. The lowest BCUT2D eigenvalue weighted by Gasteiger charge is -2.32. The lowest BCUT2D eigenvalue weighted by Crippen LogP contribution is -2.37. The maximum absolute atomic E-state index is 13.4. The van der Waals surface area contributed by atoms with Crippen molar-refractivity contribution in [1.29, 1.82) is 0 Å². The van der Waals surface area contributed by atoms with Crippen molar-refractivity contribution in [3.63, 3.8) is 0 Å². The van der Waals surface area contributed by atoms with Crippen LogP contribution in [0.4, 0.5) is 0 Å². The van der Waals surface area contributed by atoms with Crippen molar-refractivity contribution < 1.29 is 4.79 Å². The highest BCUT2D eigenvalue weighted by Crippen LogP contribution is 2.62. The van der Waals surface area contributed by atoms with Gasteiger partial charge in [-0.15, -0.1) is 0 Å². The molecule has 126 valence electrons. The van der Waals surface area contributed by atoms with Crippen LogP contribution in [0.2, 0.25) is 0 Å². The SMILES string of the molecule is CCC[C@@]1(Br)C(=O)[C@@](C)(Br)[C@@H](c2ccccc2)[C@@H]1c1ccccc1. The van der Waals surface area contributed by atoms with E-state index in [2.05, 4.69) is 87.3 Å². The Morgan fingerprint density at radius 2 is 1.33 bits per heavy atom. The molecule has 0 amide bonds. The van der Waals surface area contributed by atoms with Gasteiger partial charge in [-0.25, -0.2) is 0 Å². The van der Waals surface area contributed by atoms with Crippen molar-refractivity contribution in [3.05, 3.63) is 71.8 Å². The summed E-state index contributed by atoms with van der Waals surface area (Å²) in [6, 6.07) is 20.9. The predicted molar refractivity (Wildman–Crippen MR) is 107 cm³/mol. The number of hydrogen-bond acceptors (Lipinski definition) is 1. The second kappa shape index (κ2) is 6.76. The molecule has 0 spiro atoms. The Labute approximate surface area is 161 Å². The van der Waals surface area contributed by atoms with Crippen molar-refractivity contribution in [2.75, 3.05) is 0 Å². The summed E-state index contributed by atoms with van der Waals surface area (Å²) in [6.07, 6.45) is 1.79. The molecule has 0 aliphatic heterocycles. The van der Waals surface area contributed by atoms with E-state index >= 15 is 0 Å². The van der Waals surface area contributed by atoms with Crippen LogP contribution in [0, 0.1) is 0 Å². The summed E-state index contributed by atoms with van der Waals surface area (Å²) in [4.78, 5) is 13.4. The first-order chi connectivity index (χ1) is 11.4. The number of alkyl halides is 2. The largest absolute Gasteiger partial charge is 0.296 e. The second-order valence-electron chi connectivity index (χ2n) is 6.79. The summed E-state index contributed by atoms with van der Waals surface area (Å²) in [5.74, 6) is 0.428. The quantitative estimate of drug-likeness (QED) is 0.506. The summed E-state index contributed by atoms with van der Waals surface area (Å²) < 4.78 is -1.13. The number of hydrogen-bond donors (Lipinski definition) is 0. The van der Waals surface area contributed by atoms with Crippen LogP contribution in [0.1, 0.15) is 49.7 Å². The molecule has 1 saturated carbocycles. The molecule has 1 aliphatic rings. The average molecular weight is 450 g/mol. The van der Waals surface area contributed by atoms with E-state index in [1.165, 1.54) is 11.1 Å². The van der Waals surface area contributed by atoms with E-state index in [-0.39, 0.29) is 17.6 Å². The molecule has 0 bridgehead atoms. The Hall–Kier alpha value is -0.930. The van der Waals surface area contributed by atoms with E-state index in [4.69, 9.17) is 0 Å². The first-order valence-corrected chi connectivity index (χ1v) is 10.0. The minimum Gasteiger partial charge on any atom is -0.296 e. The van der Waals surface area contributed by atoms with Crippen molar-refractivity contribution in [2.24, 2.45) is 0 Å². The van der Waals surface area contributed by atoms with E-state index < -0.39 is 8.65 Å². The molecule has 3 heteroatoms. The van der Waals surface area contributed by atoms with Crippen LogP contribution in [0.15, 0.2) is 60.7 Å². The van der Waals surface area contributed by atoms with Crippen molar-refractivity contribution in [1.82, 2.24) is 0 Å². The van der Waals surface area contributed by atoms with Gasteiger partial charge in [0.05, 0.1) is 8.65 Å². The van der Waals surface area contributed by atoms with Crippen LogP contribution in [0.25, 0.3) is 0 Å². The Balaban J connectivity index is 2.22. The van der Waals surface area contributed by atoms with Crippen LogP contribution >= 0.6 is 31.9 Å². The Kier molecular flexibility index (Phi) is 5.04. The van der Waals surface area contributed by atoms with Gasteiger partial charge in [-0.3, -0.25) is 4.79 Å². The third-order valence-corrected chi connectivity index (χ3v) is 7.27. The maximum Gasteiger partial charge on any atom is 0.167 e. The molecular weight excluding hydrogens is 428 g/mol. The maximum atomic E-state index is 13.4. The molecule has 0 saturated heterocycles. The van der Waals surface area contributed by atoms with Crippen molar-refractivity contribution in [3.8, 4) is 0 Å². The summed E-state index contributed by atoms with van der Waals surface area (Å²) in [5, 5.41) is 0. The second-order valence-corrected chi connectivity index (χ2v) is 9.86. The van der Waals surface area contributed by atoms with E-state index in [1.807, 2.05) is 19.1 Å². The van der Waals surface area contributed by atoms with Crippen LogP contribution in [0.5, 0.6) is 0 Å². The van der Waals surface area contributed by atoms with Crippen molar-refractivity contribution in [2.45, 2.75) is 47.2 Å². The van der Waals surface area contributed by atoms with Gasteiger partial charge in [0.25, 0.3) is 0 Å². The summed E-state index contributed by atoms with van der Waals surface area (Å²) in [5.41, 5.74) is 2.42. The van der Waals surface area contributed by atoms with Gasteiger partial charge in [-0.1, -0.05) is 106 Å². The molecule has 0 radical (unpaired) electrons. The molecule has 1 aliphatic carbocycles. The van der Waals surface area contributed by atoms with Gasteiger partial charge in [-0.2, -0.15) is 0 Å². The topological polar surface area (TPSA) is 17.1 Å². The molecule has 1 nitrogen and oxygen atoms in total. The Morgan fingerprint density at radius 3 is 1.79 bits per heavy atom. The van der Waals surface area contributed by atoms with Gasteiger partial charge in [0, 0.05) is 11.8 Å². The van der Waals surface area contributed by atoms with Crippen LogP contribution in [0.3, 0.4) is 0 Å². The number of halogens is 2. The molecule has 2 aromatic rings. The fourth-order valence-electron chi connectivity index (χ4n) is 4.18. The minimum absolute atomic E-state index is 0.0829. The molecule has 2 aromatic carbocycles. The number of Topliss-reactive ketones (excluding diaryl/α,β-unsaturated/α-hetero) is 1. The molecule has 0 N–H and O–H groups in total. The van der Waals surface area contributed by atoms with Crippen LogP contribution in [-0.2, 0) is 4.79 Å². The zero-order valence-electron chi connectivity index (χ0n) is 14.0. The molecule has 0 aromatic heterocycles. The van der Waals surface area contributed by atoms with Gasteiger partial charge in [0.2, 0.25) is 0 Å². The molecule has 0 heterocycles. The summed E-state index contributed by atoms with van der Waals surface area (Å²) in [7, 11) is 0. The lowest BCUT2D eigenvalue weighted by atomic mass is 9.77. The molecule has 24 heavy (non-hydrogen) atoms. The van der Waals surface area contributed by atoms with Crippen LogP contribution < -0.4 is 0 Å². The number of benzene rings is 2. The van der Waals surface area contributed by atoms with Gasteiger partial charge in [-0.05, 0) is 24.5 Å².